The van der Waals surface area contributed by atoms with Crippen LogP contribution in [0.1, 0.15) is 12.8 Å². The van der Waals surface area contributed by atoms with E-state index in [2.05, 4.69) is 5.32 Å². The van der Waals surface area contributed by atoms with Crippen LogP contribution in [-0.2, 0) is 4.79 Å². The summed E-state index contributed by atoms with van der Waals surface area (Å²) < 4.78 is 5.04. The SMILES string of the molecule is COc1ccc(NC(=O)N2CCC[C@H](C(=O)O)C2)cc1Cl. The molecule has 0 aliphatic carbocycles. The molecule has 6 nitrogen and oxygen atoms in total. The number of hydrogen-bond acceptors (Lipinski definition) is 3. The van der Waals surface area contributed by atoms with E-state index in [9.17, 15) is 9.59 Å². The molecular formula is C14H17ClN2O4. The molecule has 1 fully saturated rings. The quantitative estimate of drug-likeness (QED) is 0.899. The molecule has 1 atom stereocenters. The lowest BCUT2D eigenvalue weighted by molar-refractivity contribution is -0.143. The van der Waals surface area contributed by atoms with Gasteiger partial charge in [-0.1, -0.05) is 11.6 Å². The summed E-state index contributed by atoms with van der Waals surface area (Å²) in [6.07, 6.45) is 1.29. The molecule has 2 N–H and O–H groups in total. The van der Waals surface area contributed by atoms with Crippen LogP contribution in [0.5, 0.6) is 5.75 Å². The number of aliphatic carboxylic acids is 1. The van der Waals surface area contributed by atoms with Crippen molar-refractivity contribution in [3.63, 3.8) is 0 Å². The Morgan fingerprint density at radius 2 is 2.24 bits per heavy atom. The summed E-state index contributed by atoms with van der Waals surface area (Å²) in [5.74, 6) is -0.831. The minimum Gasteiger partial charge on any atom is -0.495 e. The number of nitrogens with one attached hydrogen (secondary N) is 1. The lowest BCUT2D eigenvalue weighted by Crippen LogP contribution is -2.44. The average molecular weight is 313 g/mol. The Labute approximate surface area is 127 Å². The zero-order chi connectivity index (χ0) is 15.4. The van der Waals surface area contributed by atoms with E-state index in [4.69, 9.17) is 21.4 Å². The minimum absolute atomic E-state index is 0.227. The third kappa shape index (κ3) is 3.78. The van der Waals surface area contributed by atoms with Crippen LogP contribution in [-0.4, -0.2) is 42.2 Å². The maximum Gasteiger partial charge on any atom is 0.321 e. The summed E-state index contributed by atoms with van der Waals surface area (Å²) in [6, 6.07) is 4.62. The van der Waals surface area contributed by atoms with Crippen LogP contribution < -0.4 is 10.1 Å². The van der Waals surface area contributed by atoms with Crippen molar-refractivity contribution in [3.05, 3.63) is 23.2 Å². The number of nitrogens with zero attached hydrogens (tertiary/aromatic N) is 1. The van der Waals surface area contributed by atoms with Crippen LogP contribution in [0.2, 0.25) is 5.02 Å². The Morgan fingerprint density at radius 3 is 2.86 bits per heavy atom. The smallest absolute Gasteiger partial charge is 0.321 e. The van der Waals surface area contributed by atoms with Gasteiger partial charge in [-0.2, -0.15) is 0 Å². The summed E-state index contributed by atoms with van der Waals surface area (Å²) in [4.78, 5) is 24.7. The van der Waals surface area contributed by atoms with Crippen molar-refractivity contribution in [3.8, 4) is 5.75 Å². The third-order valence-electron chi connectivity index (χ3n) is 3.46. The number of hydrogen-bond donors (Lipinski definition) is 2. The van der Waals surface area contributed by atoms with Gasteiger partial charge in [-0.15, -0.1) is 0 Å². The number of ether oxygens (including phenoxy) is 1. The molecule has 2 amide bonds. The van der Waals surface area contributed by atoms with E-state index in [1.807, 2.05) is 0 Å². The molecule has 0 bridgehead atoms. The zero-order valence-electron chi connectivity index (χ0n) is 11.6. The van der Waals surface area contributed by atoms with Crippen molar-refractivity contribution in [2.75, 3.05) is 25.5 Å². The first kappa shape index (κ1) is 15.4. The second kappa shape index (κ2) is 6.67. The number of urea groups is 1. The Hall–Kier alpha value is -1.95. The highest BCUT2D eigenvalue weighted by Crippen LogP contribution is 2.27. The molecule has 0 radical (unpaired) electrons. The highest BCUT2D eigenvalue weighted by atomic mass is 35.5. The van der Waals surface area contributed by atoms with Crippen molar-refractivity contribution in [1.29, 1.82) is 0 Å². The monoisotopic (exact) mass is 312 g/mol. The highest BCUT2D eigenvalue weighted by molar-refractivity contribution is 6.32. The minimum atomic E-state index is -0.861. The van der Waals surface area contributed by atoms with E-state index in [-0.39, 0.29) is 12.6 Å². The summed E-state index contributed by atoms with van der Waals surface area (Å²) in [5.41, 5.74) is 0.545. The van der Waals surface area contributed by atoms with E-state index < -0.39 is 11.9 Å². The molecule has 1 aromatic rings. The number of halogens is 1. The Kier molecular flexibility index (Phi) is 4.90. The molecule has 1 aliphatic heterocycles. The summed E-state index contributed by atoms with van der Waals surface area (Å²) in [6.45, 7) is 0.782. The molecule has 2 rings (SSSR count). The Bertz CT molecular complexity index is 550. The number of likely N-dealkylation sites (tertiary alicyclic amines) is 1. The van der Waals surface area contributed by atoms with Gasteiger partial charge in [0.2, 0.25) is 0 Å². The van der Waals surface area contributed by atoms with Crippen LogP contribution in [0.15, 0.2) is 18.2 Å². The van der Waals surface area contributed by atoms with Crippen molar-refractivity contribution in [2.45, 2.75) is 12.8 Å². The number of anilines is 1. The van der Waals surface area contributed by atoms with Crippen LogP contribution in [0.25, 0.3) is 0 Å². The van der Waals surface area contributed by atoms with Crippen LogP contribution in [0.3, 0.4) is 0 Å². The van der Waals surface area contributed by atoms with Crippen molar-refractivity contribution in [1.82, 2.24) is 4.90 Å². The first-order chi connectivity index (χ1) is 10.0. The zero-order valence-corrected chi connectivity index (χ0v) is 12.4. The number of rotatable bonds is 3. The molecule has 7 heteroatoms. The highest BCUT2D eigenvalue weighted by Gasteiger charge is 2.28. The first-order valence-corrected chi connectivity index (χ1v) is 7.01. The third-order valence-corrected chi connectivity index (χ3v) is 3.76. The molecule has 0 aromatic heterocycles. The predicted octanol–water partition coefficient (Wildman–Crippen LogP) is 2.68. The van der Waals surface area contributed by atoms with Gasteiger partial charge in [0, 0.05) is 18.8 Å². The molecule has 1 heterocycles. The van der Waals surface area contributed by atoms with E-state index in [0.717, 1.165) is 0 Å². The van der Waals surface area contributed by atoms with Gasteiger partial charge in [0.15, 0.2) is 0 Å². The fourth-order valence-electron chi connectivity index (χ4n) is 2.31. The van der Waals surface area contributed by atoms with Gasteiger partial charge >= 0.3 is 12.0 Å². The lowest BCUT2D eigenvalue weighted by Gasteiger charge is -2.30. The van der Waals surface area contributed by atoms with Crippen LogP contribution in [0, 0.1) is 5.92 Å². The van der Waals surface area contributed by atoms with Gasteiger partial charge in [-0.25, -0.2) is 4.79 Å². The van der Waals surface area contributed by atoms with Gasteiger partial charge < -0.3 is 20.1 Å². The van der Waals surface area contributed by atoms with Crippen molar-refractivity contribution < 1.29 is 19.4 Å². The van der Waals surface area contributed by atoms with E-state index in [0.29, 0.717) is 35.8 Å². The molecule has 114 valence electrons. The lowest BCUT2D eigenvalue weighted by atomic mass is 9.99. The topological polar surface area (TPSA) is 78.9 Å². The van der Waals surface area contributed by atoms with Crippen LogP contribution >= 0.6 is 11.6 Å². The van der Waals surface area contributed by atoms with E-state index in [1.54, 1.807) is 18.2 Å². The maximum atomic E-state index is 12.1. The molecule has 1 saturated heterocycles. The second-order valence-corrected chi connectivity index (χ2v) is 5.31. The fourth-order valence-corrected chi connectivity index (χ4v) is 2.57. The number of methoxy groups -OCH3 is 1. The standard InChI is InChI=1S/C14H17ClN2O4/c1-21-12-5-4-10(7-11(12)15)16-14(20)17-6-2-3-9(8-17)13(18)19/h4-5,7,9H,2-3,6,8H2,1H3,(H,16,20)(H,18,19)/t9-/m0/s1. The fraction of sp³-hybridized carbons (Fsp3) is 0.429. The number of carboxylic acids is 1. The number of amides is 2. The molecule has 21 heavy (non-hydrogen) atoms. The molecule has 1 aromatic carbocycles. The van der Waals surface area contributed by atoms with Gasteiger partial charge in [0.1, 0.15) is 5.75 Å². The average Bonchev–Trinajstić information content (AvgIpc) is 2.47. The molecule has 1 aliphatic rings. The Balaban J connectivity index is 2.00. The number of carbonyl (C=O) groups excluding carboxylic acids is 1. The van der Waals surface area contributed by atoms with Gasteiger partial charge in [0.25, 0.3) is 0 Å². The first-order valence-electron chi connectivity index (χ1n) is 6.63. The summed E-state index contributed by atoms with van der Waals surface area (Å²) in [7, 11) is 1.51. The van der Waals surface area contributed by atoms with Gasteiger partial charge in [0.05, 0.1) is 18.1 Å². The van der Waals surface area contributed by atoms with Crippen LogP contribution in [0.4, 0.5) is 10.5 Å². The van der Waals surface area contributed by atoms with Gasteiger partial charge in [-0.3, -0.25) is 4.79 Å². The molecular weight excluding hydrogens is 296 g/mol. The molecule has 0 spiro atoms. The van der Waals surface area contributed by atoms with Crippen molar-refractivity contribution >= 4 is 29.3 Å². The number of piperidine rings is 1. The summed E-state index contributed by atoms with van der Waals surface area (Å²) in [5, 5.41) is 12.1. The van der Waals surface area contributed by atoms with Crippen molar-refractivity contribution in [2.24, 2.45) is 5.92 Å². The van der Waals surface area contributed by atoms with E-state index in [1.165, 1.54) is 12.0 Å². The summed E-state index contributed by atoms with van der Waals surface area (Å²) >= 11 is 6.00. The second-order valence-electron chi connectivity index (χ2n) is 4.90. The van der Waals surface area contributed by atoms with E-state index >= 15 is 0 Å². The molecule has 0 unspecified atom stereocenters. The molecule has 0 saturated carbocycles. The predicted molar refractivity (Wildman–Crippen MR) is 79.0 cm³/mol. The largest absolute Gasteiger partial charge is 0.495 e. The normalized spacial score (nSPS) is 18.2. The number of carboxylic acid groups (broad SMARTS) is 1. The Morgan fingerprint density at radius 1 is 1.48 bits per heavy atom. The number of carbonyl (C=O) groups is 2. The maximum absolute atomic E-state index is 12.1. The number of benzene rings is 1. The van der Waals surface area contributed by atoms with Gasteiger partial charge in [-0.05, 0) is 31.0 Å².